The van der Waals surface area contributed by atoms with E-state index in [2.05, 4.69) is 17.4 Å². The highest BCUT2D eigenvalue weighted by molar-refractivity contribution is 7.17. The molecule has 4 rings (SSSR count). The Morgan fingerprint density at radius 1 is 1.17 bits per heavy atom. The van der Waals surface area contributed by atoms with Crippen molar-refractivity contribution in [1.29, 1.82) is 0 Å². The molecule has 1 amide bonds. The van der Waals surface area contributed by atoms with Crippen LogP contribution in [0.4, 0.5) is 5.00 Å². The Morgan fingerprint density at radius 2 is 1.97 bits per heavy atom. The summed E-state index contributed by atoms with van der Waals surface area (Å²) >= 11 is 2.89. The lowest BCUT2D eigenvalue weighted by atomic mass is 10.0. The van der Waals surface area contributed by atoms with E-state index >= 15 is 0 Å². The van der Waals surface area contributed by atoms with Crippen molar-refractivity contribution in [2.24, 2.45) is 0 Å². The highest BCUT2D eigenvalue weighted by atomic mass is 32.1. The number of nitrogens with one attached hydrogen (secondary N) is 2. The molecule has 3 aromatic rings. The second-order valence-corrected chi connectivity index (χ2v) is 10.5. The molecule has 1 aromatic carbocycles. The molecule has 0 radical (unpaired) electrons. The second kappa shape index (κ2) is 12.1. The minimum Gasteiger partial charge on any atom is -0.462 e. The lowest BCUT2D eigenvalue weighted by molar-refractivity contribution is -0.929. The average Bonchev–Trinajstić information content (AvgIpc) is 3.51. The lowest BCUT2D eigenvalue weighted by Gasteiger charge is -2.24. The first kappa shape index (κ1) is 25.8. The van der Waals surface area contributed by atoms with Gasteiger partial charge in [0.15, 0.2) is 6.10 Å². The number of amides is 1. The summed E-state index contributed by atoms with van der Waals surface area (Å²) in [6, 6.07) is 14.1. The number of hydrogen-bond donors (Lipinski definition) is 2. The molecule has 1 aliphatic heterocycles. The molecular weight excluding hydrogens is 496 g/mol. The summed E-state index contributed by atoms with van der Waals surface area (Å²) in [5.41, 5.74) is 2.62. The summed E-state index contributed by atoms with van der Waals surface area (Å²) in [5.74, 6) is -1.55. The van der Waals surface area contributed by atoms with Crippen molar-refractivity contribution in [3.63, 3.8) is 0 Å². The molecule has 2 N–H and O–H groups in total. The number of quaternary nitrogens is 1. The average molecular weight is 526 g/mol. The monoisotopic (exact) mass is 525 g/mol. The van der Waals surface area contributed by atoms with Crippen molar-refractivity contribution < 1.29 is 28.8 Å². The molecule has 0 saturated carbocycles. The molecular formula is C27H29N2O5S2+. The molecule has 3 heterocycles. The fourth-order valence-corrected chi connectivity index (χ4v) is 6.02. The van der Waals surface area contributed by atoms with Gasteiger partial charge in [0.2, 0.25) is 0 Å². The number of anilines is 1. The third-order valence-corrected chi connectivity index (χ3v) is 7.82. The first-order valence-electron chi connectivity index (χ1n) is 11.9. The van der Waals surface area contributed by atoms with Crippen LogP contribution in [0.2, 0.25) is 0 Å². The number of carbonyl (C=O) groups excluding carboxylic acids is 3. The Labute approximate surface area is 218 Å². The largest absolute Gasteiger partial charge is 0.462 e. The predicted molar refractivity (Wildman–Crippen MR) is 141 cm³/mol. The molecule has 36 heavy (non-hydrogen) atoms. The van der Waals surface area contributed by atoms with Crippen LogP contribution >= 0.6 is 22.7 Å². The van der Waals surface area contributed by atoms with E-state index in [1.807, 2.05) is 35.7 Å². The molecule has 2 aromatic heterocycles. The summed E-state index contributed by atoms with van der Waals surface area (Å²) in [4.78, 5) is 41.2. The first-order chi connectivity index (χ1) is 17.4. The Balaban J connectivity index is 1.46. The van der Waals surface area contributed by atoms with Crippen LogP contribution in [0.5, 0.6) is 0 Å². The summed E-state index contributed by atoms with van der Waals surface area (Å²) < 4.78 is 10.6. The van der Waals surface area contributed by atoms with Gasteiger partial charge >= 0.3 is 11.9 Å². The van der Waals surface area contributed by atoms with Gasteiger partial charge in [-0.2, -0.15) is 0 Å². The molecule has 0 fully saturated rings. The van der Waals surface area contributed by atoms with Gasteiger partial charge in [-0.1, -0.05) is 36.4 Å². The van der Waals surface area contributed by atoms with Crippen LogP contribution in [0.15, 0.2) is 53.9 Å². The van der Waals surface area contributed by atoms with Gasteiger partial charge in [0.05, 0.1) is 23.6 Å². The van der Waals surface area contributed by atoms with Crippen LogP contribution in [0, 0.1) is 0 Å². The Morgan fingerprint density at radius 3 is 2.69 bits per heavy atom. The van der Waals surface area contributed by atoms with Crippen LogP contribution < -0.4 is 10.2 Å². The Hall–Kier alpha value is -3.27. The van der Waals surface area contributed by atoms with Gasteiger partial charge in [-0.25, -0.2) is 9.59 Å². The summed E-state index contributed by atoms with van der Waals surface area (Å²) in [6.45, 7) is 6.03. The molecule has 1 unspecified atom stereocenters. The maximum Gasteiger partial charge on any atom is 0.341 e. The molecule has 0 spiro atoms. The number of esters is 2. The van der Waals surface area contributed by atoms with Gasteiger partial charge in [-0.05, 0) is 36.9 Å². The number of rotatable bonds is 9. The molecule has 0 saturated heterocycles. The maximum atomic E-state index is 12.9. The smallest absolute Gasteiger partial charge is 0.341 e. The van der Waals surface area contributed by atoms with E-state index in [1.165, 1.54) is 46.1 Å². The second-order valence-electron chi connectivity index (χ2n) is 8.43. The number of fused-ring (bicyclic) bond motifs is 1. The van der Waals surface area contributed by atoms with Gasteiger partial charge in [0.25, 0.3) is 5.91 Å². The predicted octanol–water partition coefficient (Wildman–Crippen LogP) is 3.71. The third kappa shape index (κ3) is 6.48. The summed E-state index contributed by atoms with van der Waals surface area (Å²) in [6.07, 6.45) is 2.64. The van der Waals surface area contributed by atoms with Gasteiger partial charge in [-0.3, -0.25) is 4.79 Å². The van der Waals surface area contributed by atoms with Crippen molar-refractivity contribution >= 4 is 51.6 Å². The Kier molecular flexibility index (Phi) is 8.69. The summed E-state index contributed by atoms with van der Waals surface area (Å²) in [7, 11) is 0. The standard InChI is InChI=1S/C27H28N2O5S2/c1-3-33-27(32)24-21-13-14-29(16-19-8-5-4-6-9-19)17-22(21)36-26(24)28-25(31)18(2)34-23(30)12-11-20-10-7-15-35-20/h4-12,15,18H,3,13-14,16-17H2,1-2H3,(H,28,31)/p+1/b12-11+/t18-/m1/s1. The number of carbonyl (C=O) groups is 3. The molecule has 0 aliphatic carbocycles. The molecule has 2 atom stereocenters. The maximum absolute atomic E-state index is 12.9. The highest BCUT2D eigenvalue weighted by Crippen LogP contribution is 2.35. The highest BCUT2D eigenvalue weighted by Gasteiger charge is 2.32. The van der Waals surface area contributed by atoms with Crippen molar-refractivity contribution in [2.45, 2.75) is 39.5 Å². The molecule has 1 aliphatic rings. The normalized spacial score (nSPS) is 15.8. The van der Waals surface area contributed by atoms with Crippen LogP contribution in [0.3, 0.4) is 0 Å². The van der Waals surface area contributed by atoms with E-state index in [-0.39, 0.29) is 6.61 Å². The van der Waals surface area contributed by atoms with Crippen LogP contribution in [0.25, 0.3) is 6.08 Å². The fraction of sp³-hybridized carbons (Fsp3) is 0.296. The first-order valence-corrected chi connectivity index (χ1v) is 13.6. The number of thiophene rings is 2. The minimum absolute atomic E-state index is 0.243. The fourth-order valence-electron chi connectivity index (χ4n) is 4.10. The minimum atomic E-state index is -1.03. The van der Waals surface area contributed by atoms with Gasteiger partial charge in [0.1, 0.15) is 18.1 Å². The van der Waals surface area contributed by atoms with Gasteiger partial charge < -0.3 is 19.7 Å². The number of ether oxygens (including phenoxy) is 2. The zero-order valence-corrected chi connectivity index (χ0v) is 21.9. The van der Waals surface area contributed by atoms with Crippen molar-refractivity contribution in [1.82, 2.24) is 0 Å². The molecule has 0 bridgehead atoms. The van der Waals surface area contributed by atoms with E-state index < -0.39 is 23.9 Å². The Bertz CT molecular complexity index is 1230. The van der Waals surface area contributed by atoms with Gasteiger partial charge in [0, 0.05) is 22.9 Å². The van der Waals surface area contributed by atoms with Crippen LogP contribution in [-0.2, 0) is 38.6 Å². The van der Waals surface area contributed by atoms with Crippen molar-refractivity contribution in [2.75, 3.05) is 18.5 Å². The number of hydrogen-bond acceptors (Lipinski definition) is 7. The number of benzene rings is 1. The van der Waals surface area contributed by atoms with E-state index in [0.29, 0.717) is 10.6 Å². The van der Waals surface area contributed by atoms with Crippen molar-refractivity contribution in [3.8, 4) is 0 Å². The topological polar surface area (TPSA) is 86.1 Å². The van der Waals surface area contributed by atoms with Crippen molar-refractivity contribution in [3.05, 3.63) is 80.4 Å². The zero-order valence-electron chi connectivity index (χ0n) is 20.2. The molecule has 7 nitrogen and oxygen atoms in total. The molecule has 188 valence electrons. The van der Waals surface area contributed by atoms with E-state index in [9.17, 15) is 14.4 Å². The van der Waals surface area contributed by atoms with Crippen LogP contribution in [0.1, 0.15) is 45.1 Å². The van der Waals surface area contributed by atoms with E-state index in [1.54, 1.807) is 13.0 Å². The summed E-state index contributed by atoms with van der Waals surface area (Å²) in [5, 5.41) is 5.17. The van der Waals surface area contributed by atoms with Crippen LogP contribution in [-0.4, -0.2) is 37.1 Å². The zero-order chi connectivity index (χ0) is 25.5. The van der Waals surface area contributed by atoms with E-state index in [4.69, 9.17) is 9.47 Å². The third-order valence-electron chi connectivity index (χ3n) is 5.83. The van der Waals surface area contributed by atoms with E-state index in [0.717, 1.165) is 41.4 Å². The SMILES string of the molecule is CCOC(=O)c1c(NC(=O)[C@@H](C)OC(=O)/C=C/c2cccs2)sc2c1CC[NH+](Cc1ccccc1)C2. The molecule has 9 heteroatoms. The quantitative estimate of drug-likeness (QED) is 0.329. The lowest BCUT2D eigenvalue weighted by Crippen LogP contribution is -3.10. The van der Waals surface area contributed by atoms with Gasteiger partial charge in [-0.15, -0.1) is 22.7 Å².